The van der Waals surface area contributed by atoms with Crippen molar-refractivity contribution in [2.45, 2.75) is 39.0 Å². The number of hydrogen-bond acceptors (Lipinski definition) is 7. The third kappa shape index (κ3) is 7.09. The monoisotopic (exact) mass is 341 g/mol. The number of alkyl carbamates (subject to hydrolysis) is 1. The van der Waals surface area contributed by atoms with E-state index in [2.05, 4.69) is 15.6 Å². The van der Waals surface area contributed by atoms with Gasteiger partial charge < -0.3 is 26.2 Å². The number of ether oxygens (including phenoxy) is 1. The van der Waals surface area contributed by atoms with Crippen LogP contribution in [0, 0.1) is 0 Å². The molecule has 0 aliphatic rings. The first kappa shape index (κ1) is 19.4. The van der Waals surface area contributed by atoms with Crippen LogP contribution >= 0.6 is 0 Å². The fourth-order valence-corrected chi connectivity index (χ4v) is 1.67. The van der Waals surface area contributed by atoms with E-state index in [1.807, 2.05) is 0 Å². The molecule has 0 saturated heterocycles. The van der Waals surface area contributed by atoms with Gasteiger partial charge in [-0.2, -0.15) is 4.98 Å². The van der Waals surface area contributed by atoms with Gasteiger partial charge in [-0.1, -0.05) is 0 Å². The highest BCUT2D eigenvalue weighted by Crippen LogP contribution is 2.06. The first-order valence-corrected chi connectivity index (χ1v) is 7.31. The van der Waals surface area contributed by atoms with Crippen molar-refractivity contribution < 1.29 is 19.4 Å². The van der Waals surface area contributed by atoms with Gasteiger partial charge in [-0.25, -0.2) is 9.59 Å². The van der Waals surface area contributed by atoms with Crippen LogP contribution in [-0.4, -0.2) is 51.5 Å². The Morgan fingerprint density at radius 2 is 2.12 bits per heavy atom. The Hall–Kier alpha value is -2.62. The van der Waals surface area contributed by atoms with Crippen molar-refractivity contribution >= 4 is 17.8 Å². The van der Waals surface area contributed by atoms with E-state index in [-0.39, 0.29) is 18.9 Å². The molecule has 5 N–H and O–H groups in total. The van der Waals surface area contributed by atoms with Crippen molar-refractivity contribution in [3.05, 3.63) is 22.7 Å². The molecule has 0 unspecified atom stereocenters. The summed E-state index contributed by atoms with van der Waals surface area (Å²) in [6.07, 6.45) is 0.686. The zero-order valence-electron chi connectivity index (χ0n) is 13.9. The lowest BCUT2D eigenvalue weighted by molar-refractivity contribution is -0.122. The molecule has 0 aliphatic carbocycles. The van der Waals surface area contributed by atoms with Crippen LogP contribution in [0.2, 0.25) is 0 Å². The van der Waals surface area contributed by atoms with Gasteiger partial charge in [-0.3, -0.25) is 9.36 Å². The second-order valence-corrected chi connectivity index (χ2v) is 6.09. The topological polar surface area (TPSA) is 149 Å². The van der Waals surface area contributed by atoms with E-state index in [1.54, 1.807) is 20.8 Å². The summed E-state index contributed by atoms with van der Waals surface area (Å²) in [5.41, 5.74) is 4.06. The highest BCUT2D eigenvalue weighted by Gasteiger charge is 2.18. The maximum Gasteiger partial charge on any atom is 0.407 e. The fourth-order valence-electron chi connectivity index (χ4n) is 1.67. The van der Waals surface area contributed by atoms with Gasteiger partial charge in [0.2, 0.25) is 5.91 Å². The summed E-state index contributed by atoms with van der Waals surface area (Å²) in [7, 11) is 0. The lowest BCUT2D eigenvalue weighted by Crippen LogP contribution is -2.48. The first-order valence-electron chi connectivity index (χ1n) is 7.31. The van der Waals surface area contributed by atoms with Gasteiger partial charge in [-0.05, 0) is 26.8 Å². The van der Waals surface area contributed by atoms with Crippen LogP contribution in [-0.2, 0) is 16.1 Å². The van der Waals surface area contributed by atoms with E-state index in [0.717, 1.165) is 4.57 Å². The number of carbonyl (C=O) groups excluding carboxylic acids is 2. The number of carbonyl (C=O) groups is 2. The van der Waals surface area contributed by atoms with Gasteiger partial charge in [0.1, 0.15) is 18.0 Å². The van der Waals surface area contributed by atoms with E-state index in [1.165, 1.54) is 12.3 Å². The van der Waals surface area contributed by atoms with Crippen LogP contribution in [0.1, 0.15) is 20.8 Å². The smallest absolute Gasteiger partial charge is 0.407 e. The number of anilines is 1. The van der Waals surface area contributed by atoms with Gasteiger partial charge in [-0.15, -0.1) is 0 Å². The minimum absolute atomic E-state index is 0.0218. The molecule has 0 aromatic carbocycles. The number of nitrogens with two attached hydrogens (primary N) is 1. The van der Waals surface area contributed by atoms with Gasteiger partial charge in [0.15, 0.2) is 0 Å². The van der Waals surface area contributed by atoms with Gasteiger partial charge in [0.25, 0.3) is 0 Å². The first-order chi connectivity index (χ1) is 11.1. The van der Waals surface area contributed by atoms with Crippen molar-refractivity contribution in [3.63, 3.8) is 0 Å². The normalized spacial score (nSPS) is 12.3. The maximum absolute atomic E-state index is 11.9. The Labute approximate surface area is 139 Å². The third-order valence-corrected chi connectivity index (χ3v) is 2.69. The largest absolute Gasteiger partial charge is 0.444 e. The highest BCUT2D eigenvalue weighted by atomic mass is 16.6. The van der Waals surface area contributed by atoms with E-state index in [4.69, 9.17) is 10.5 Å². The molecule has 1 aromatic rings. The standard InChI is InChI=1S/C14H23N5O5/c1-14(2,3)24-13(23)16-6-9(8-20)17-11(21)7-19-5-4-10(15)18-12(19)22/h4-5,9,20H,6-8H2,1-3H3,(H,16,23)(H,17,21)(H2,15,18,22)/t9-/m1/s1. The van der Waals surface area contributed by atoms with E-state index < -0.39 is 35.9 Å². The lowest BCUT2D eigenvalue weighted by Gasteiger charge is -2.22. The summed E-state index contributed by atoms with van der Waals surface area (Å²) in [6, 6.07) is 0.671. The number of hydrogen-bond donors (Lipinski definition) is 4. The summed E-state index contributed by atoms with van der Waals surface area (Å²) in [5.74, 6) is -0.458. The number of aromatic nitrogens is 2. The summed E-state index contributed by atoms with van der Waals surface area (Å²) >= 11 is 0. The fraction of sp³-hybridized carbons (Fsp3) is 0.571. The van der Waals surface area contributed by atoms with Crippen LogP contribution in [0.4, 0.5) is 10.6 Å². The summed E-state index contributed by atoms with van der Waals surface area (Å²) in [5, 5.41) is 14.2. The SMILES string of the molecule is CC(C)(C)OC(=O)NC[C@H](CO)NC(=O)Cn1ccc(N)nc1=O. The number of rotatable bonds is 6. The maximum atomic E-state index is 11.9. The van der Waals surface area contributed by atoms with Crippen molar-refractivity contribution in [2.24, 2.45) is 0 Å². The number of aliphatic hydroxyl groups excluding tert-OH is 1. The predicted octanol–water partition coefficient (Wildman–Crippen LogP) is -1.17. The molecule has 2 amide bonds. The van der Waals surface area contributed by atoms with Crippen molar-refractivity contribution in [3.8, 4) is 0 Å². The minimum Gasteiger partial charge on any atom is -0.444 e. The summed E-state index contributed by atoms with van der Waals surface area (Å²) in [4.78, 5) is 38.5. The number of nitrogens with one attached hydrogen (secondary N) is 2. The highest BCUT2D eigenvalue weighted by molar-refractivity contribution is 5.76. The Bertz CT molecular complexity index is 637. The molecule has 10 nitrogen and oxygen atoms in total. The summed E-state index contributed by atoms with van der Waals surface area (Å²) < 4.78 is 6.12. The molecule has 24 heavy (non-hydrogen) atoms. The molecule has 0 bridgehead atoms. The van der Waals surface area contributed by atoms with E-state index in [9.17, 15) is 19.5 Å². The molecule has 1 heterocycles. The summed E-state index contributed by atoms with van der Waals surface area (Å²) in [6.45, 7) is 4.46. The minimum atomic E-state index is -0.720. The number of amides is 2. The zero-order valence-corrected chi connectivity index (χ0v) is 13.9. The quantitative estimate of drug-likeness (QED) is 0.509. The Morgan fingerprint density at radius 1 is 1.46 bits per heavy atom. The van der Waals surface area contributed by atoms with Crippen molar-refractivity contribution in [2.75, 3.05) is 18.9 Å². The van der Waals surface area contributed by atoms with E-state index >= 15 is 0 Å². The molecule has 1 aromatic heterocycles. The molecule has 1 rings (SSSR count). The molecule has 134 valence electrons. The zero-order chi connectivity index (χ0) is 18.3. The molecular weight excluding hydrogens is 318 g/mol. The second-order valence-electron chi connectivity index (χ2n) is 6.09. The molecule has 0 spiro atoms. The molecule has 0 fully saturated rings. The molecular formula is C14H23N5O5. The van der Waals surface area contributed by atoms with Gasteiger partial charge >= 0.3 is 11.8 Å². The van der Waals surface area contributed by atoms with Crippen LogP contribution in [0.5, 0.6) is 0 Å². The van der Waals surface area contributed by atoms with Crippen molar-refractivity contribution in [1.82, 2.24) is 20.2 Å². The van der Waals surface area contributed by atoms with E-state index in [0.29, 0.717) is 0 Å². The van der Waals surface area contributed by atoms with Crippen LogP contribution < -0.4 is 22.1 Å². The molecule has 0 aliphatic heterocycles. The van der Waals surface area contributed by atoms with Crippen molar-refractivity contribution in [1.29, 1.82) is 0 Å². The molecule has 0 saturated carbocycles. The average molecular weight is 341 g/mol. The molecule has 0 radical (unpaired) electrons. The third-order valence-electron chi connectivity index (χ3n) is 2.69. The van der Waals surface area contributed by atoms with Gasteiger partial charge in [0.05, 0.1) is 12.6 Å². The van der Waals surface area contributed by atoms with Crippen LogP contribution in [0.25, 0.3) is 0 Å². The average Bonchev–Trinajstić information content (AvgIpc) is 2.44. The number of aliphatic hydroxyl groups is 1. The number of nitrogens with zero attached hydrogens (tertiary/aromatic N) is 2. The predicted molar refractivity (Wildman–Crippen MR) is 86.2 cm³/mol. The Kier molecular flexibility index (Phi) is 6.71. The van der Waals surface area contributed by atoms with Crippen LogP contribution in [0.3, 0.4) is 0 Å². The Balaban J connectivity index is 2.51. The molecule has 1 atom stereocenters. The lowest BCUT2D eigenvalue weighted by atomic mass is 10.2. The second kappa shape index (κ2) is 8.29. The van der Waals surface area contributed by atoms with Gasteiger partial charge in [0, 0.05) is 12.7 Å². The van der Waals surface area contributed by atoms with Crippen LogP contribution in [0.15, 0.2) is 17.1 Å². The molecule has 10 heteroatoms. The Morgan fingerprint density at radius 3 is 2.67 bits per heavy atom. The number of nitrogen functional groups attached to an aromatic ring is 1.